The van der Waals surface area contributed by atoms with E-state index in [0.717, 1.165) is 25.9 Å². The van der Waals surface area contributed by atoms with Crippen molar-refractivity contribution in [2.75, 3.05) is 13.2 Å². The van der Waals surface area contributed by atoms with E-state index in [4.69, 9.17) is 15.0 Å². The fourth-order valence-electron chi connectivity index (χ4n) is 1.73. The van der Waals surface area contributed by atoms with Crippen LogP contribution in [0.5, 0.6) is 0 Å². The standard InChI is InChI=1S/C10H17N3O2/c1-7(4-5-11)10-12-9(13-15-10)8-3-2-6-14-8/h7-8H,2-6,11H2,1H3. The molecule has 1 aromatic rings. The van der Waals surface area contributed by atoms with Crippen LogP contribution in [0.2, 0.25) is 0 Å². The Morgan fingerprint density at radius 3 is 3.13 bits per heavy atom. The maximum atomic E-state index is 5.48. The van der Waals surface area contributed by atoms with E-state index < -0.39 is 0 Å². The number of hydrogen-bond acceptors (Lipinski definition) is 5. The molecular formula is C10H17N3O2. The van der Waals surface area contributed by atoms with Gasteiger partial charge in [-0.05, 0) is 25.8 Å². The predicted octanol–water partition coefficient (Wildman–Crippen LogP) is 1.37. The molecule has 2 rings (SSSR count). The number of nitrogens with two attached hydrogens (primary N) is 1. The Morgan fingerprint density at radius 1 is 1.60 bits per heavy atom. The molecule has 2 heterocycles. The van der Waals surface area contributed by atoms with E-state index in [-0.39, 0.29) is 12.0 Å². The van der Waals surface area contributed by atoms with Crippen LogP contribution in [0.25, 0.3) is 0 Å². The van der Waals surface area contributed by atoms with E-state index in [9.17, 15) is 0 Å². The molecule has 1 saturated heterocycles. The lowest BCUT2D eigenvalue weighted by Gasteiger charge is -2.03. The van der Waals surface area contributed by atoms with Crippen LogP contribution in [-0.4, -0.2) is 23.3 Å². The maximum Gasteiger partial charge on any atom is 0.229 e. The average molecular weight is 211 g/mol. The predicted molar refractivity (Wildman–Crippen MR) is 54.3 cm³/mol. The number of ether oxygens (including phenoxy) is 1. The molecule has 5 nitrogen and oxygen atoms in total. The molecule has 2 atom stereocenters. The van der Waals surface area contributed by atoms with Gasteiger partial charge in [0.05, 0.1) is 0 Å². The number of nitrogens with zero attached hydrogens (tertiary/aromatic N) is 2. The summed E-state index contributed by atoms with van der Waals surface area (Å²) in [7, 11) is 0. The van der Waals surface area contributed by atoms with Gasteiger partial charge in [-0.25, -0.2) is 0 Å². The summed E-state index contributed by atoms with van der Waals surface area (Å²) in [4.78, 5) is 4.35. The average Bonchev–Trinajstić information content (AvgIpc) is 2.89. The Morgan fingerprint density at radius 2 is 2.47 bits per heavy atom. The summed E-state index contributed by atoms with van der Waals surface area (Å²) in [6.07, 6.45) is 2.97. The van der Waals surface area contributed by atoms with Crippen molar-refractivity contribution in [1.82, 2.24) is 10.1 Å². The van der Waals surface area contributed by atoms with Gasteiger partial charge in [-0.1, -0.05) is 12.1 Å². The zero-order valence-electron chi connectivity index (χ0n) is 8.98. The lowest BCUT2D eigenvalue weighted by molar-refractivity contribution is 0.103. The number of hydrogen-bond donors (Lipinski definition) is 1. The summed E-state index contributed by atoms with van der Waals surface area (Å²) in [5.41, 5.74) is 5.48. The Balaban J connectivity index is 2.02. The first-order valence-electron chi connectivity index (χ1n) is 5.46. The van der Waals surface area contributed by atoms with Crippen molar-refractivity contribution < 1.29 is 9.26 Å². The van der Waals surface area contributed by atoms with Crippen molar-refractivity contribution in [1.29, 1.82) is 0 Å². The van der Waals surface area contributed by atoms with Crippen molar-refractivity contribution in [3.05, 3.63) is 11.7 Å². The second kappa shape index (κ2) is 4.72. The monoisotopic (exact) mass is 211 g/mol. The minimum Gasteiger partial charge on any atom is -0.370 e. The number of rotatable bonds is 4. The van der Waals surface area contributed by atoms with Crippen LogP contribution in [0.3, 0.4) is 0 Å². The zero-order valence-corrected chi connectivity index (χ0v) is 8.98. The molecule has 0 spiro atoms. The normalized spacial score (nSPS) is 23.2. The first-order valence-corrected chi connectivity index (χ1v) is 5.46. The van der Waals surface area contributed by atoms with Crippen LogP contribution < -0.4 is 5.73 Å². The van der Waals surface area contributed by atoms with E-state index in [0.29, 0.717) is 18.3 Å². The summed E-state index contributed by atoms with van der Waals surface area (Å²) in [5.74, 6) is 1.59. The van der Waals surface area contributed by atoms with Gasteiger partial charge < -0.3 is 15.0 Å². The molecule has 15 heavy (non-hydrogen) atoms. The maximum absolute atomic E-state index is 5.48. The minimum absolute atomic E-state index is 0.0348. The molecule has 5 heteroatoms. The summed E-state index contributed by atoms with van der Waals surface area (Å²) < 4.78 is 10.7. The van der Waals surface area contributed by atoms with Gasteiger partial charge in [0.1, 0.15) is 6.10 Å². The Kier molecular flexibility index (Phi) is 3.33. The fraction of sp³-hybridized carbons (Fsp3) is 0.800. The molecule has 2 N–H and O–H groups in total. The molecule has 0 amide bonds. The van der Waals surface area contributed by atoms with E-state index in [1.165, 1.54) is 0 Å². The molecule has 1 aliphatic rings. The molecule has 0 bridgehead atoms. The van der Waals surface area contributed by atoms with Gasteiger partial charge in [-0.15, -0.1) is 0 Å². The first kappa shape index (κ1) is 10.6. The summed E-state index contributed by atoms with van der Waals surface area (Å²) in [5, 5.41) is 3.95. The third-order valence-electron chi connectivity index (χ3n) is 2.70. The minimum atomic E-state index is 0.0348. The smallest absolute Gasteiger partial charge is 0.229 e. The SMILES string of the molecule is CC(CCN)c1nc(C2CCCO2)no1. The Labute approximate surface area is 89.0 Å². The molecule has 1 aliphatic heterocycles. The van der Waals surface area contributed by atoms with Crippen LogP contribution in [0.4, 0.5) is 0 Å². The van der Waals surface area contributed by atoms with Crippen molar-refractivity contribution in [2.24, 2.45) is 5.73 Å². The summed E-state index contributed by atoms with van der Waals surface area (Å²) in [6, 6.07) is 0. The van der Waals surface area contributed by atoms with Crippen LogP contribution in [0, 0.1) is 0 Å². The second-order valence-electron chi connectivity index (χ2n) is 3.97. The fourth-order valence-corrected chi connectivity index (χ4v) is 1.73. The van der Waals surface area contributed by atoms with E-state index >= 15 is 0 Å². The van der Waals surface area contributed by atoms with Crippen molar-refractivity contribution in [3.63, 3.8) is 0 Å². The van der Waals surface area contributed by atoms with E-state index in [2.05, 4.69) is 10.1 Å². The van der Waals surface area contributed by atoms with Crippen LogP contribution in [0.1, 0.15) is 49.9 Å². The van der Waals surface area contributed by atoms with Crippen molar-refractivity contribution >= 4 is 0 Å². The van der Waals surface area contributed by atoms with Gasteiger partial charge in [0, 0.05) is 12.5 Å². The molecule has 0 aromatic carbocycles. The van der Waals surface area contributed by atoms with Crippen LogP contribution >= 0.6 is 0 Å². The van der Waals surface area contributed by atoms with Gasteiger partial charge in [0.2, 0.25) is 11.7 Å². The van der Waals surface area contributed by atoms with Gasteiger partial charge in [-0.3, -0.25) is 0 Å². The van der Waals surface area contributed by atoms with Crippen LogP contribution in [0.15, 0.2) is 4.52 Å². The molecule has 84 valence electrons. The first-order chi connectivity index (χ1) is 7.31. The van der Waals surface area contributed by atoms with Crippen molar-refractivity contribution in [2.45, 2.75) is 38.2 Å². The highest BCUT2D eigenvalue weighted by Gasteiger charge is 2.24. The quantitative estimate of drug-likeness (QED) is 0.814. The summed E-state index contributed by atoms with van der Waals surface area (Å²) >= 11 is 0. The largest absolute Gasteiger partial charge is 0.370 e. The molecular weight excluding hydrogens is 194 g/mol. The Bertz CT molecular complexity index is 307. The lowest BCUT2D eigenvalue weighted by Crippen LogP contribution is -2.05. The lowest BCUT2D eigenvalue weighted by atomic mass is 10.1. The summed E-state index contributed by atoms with van der Waals surface area (Å²) in [6.45, 7) is 3.48. The van der Waals surface area contributed by atoms with E-state index in [1.54, 1.807) is 0 Å². The number of aromatic nitrogens is 2. The topological polar surface area (TPSA) is 74.2 Å². The Hall–Kier alpha value is -0.940. The molecule has 1 aromatic heterocycles. The van der Waals surface area contributed by atoms with Crippen molar-refractivity contribution in [3.8, 4) is 0 Å². The van der Waals surface area contributed by atoms with Gasteiger partial charge in [0.15, 0.2) is 0 Å². The highest BCUT2D eigenvalue weighted by molar-refractivity contribution is 4.96. The second-order valence-corrected chi connectivity index (χ2v) is 3.97. The molecule has 1 fully saturated rings. The molecule has 0 aliphatic carbocycles. The van der Waals surface area contributed by atoms with Gasteiger partial charge >= 0.3 is 0 Å². The third-order valence-corrected chi connectivity index (χ3v) is 2.70. The molecule has 0 saturated carbocycles. The molecule has 0 radical (unpaired) electrons. The van der Waals surface area contributed by atoms with Gasteiger partial charge in [0.25, 0.3) is 0 Å². The van der Waals surface area contributed by atoms with Gasteiger partial charge in [-0.2, -0.15) is 4.98 Å². The zero-order chi connectivity index (χ0) is 10.7. The van der Waals surface area contributed by atoms with E-state index in [1.807, 2.05) is 6.92 Å². The highest BCUT2D eigenvalue weighted by Crippen LogP contribution is 2.27. The third kappa shape index (κ3) is 2.35. The van der Waals surface area contributed by atoms with Crippen LogP contribution in [-0.2, 0) is 4.74 Å². The highest BCUT2D eigenvalue weighted by atomic mass is 16.5. The molecule has 2 unspecified atom stereocenters.